The molecule has 2 N–H and O–H groups in total. The number of nitrogens with one attached hydrogen (secondary N) is 1. The number of aryl methyl sites for hydroxylation is 1. The summed E-state index contributed by atoms with van der Waals surface area (Å²) in [5, 5.41) is 11.8. The van der Waals surface area contributed by atoms with Gasteiger partial charge in [-0.2, -0.15) is 4.98 Å². The summed E-state index contributed by atoms with van der Waals surface area (Å²) < 4.78 is 9.49. The summed E-state index contributed by atoms with van der Waals surface area (Å²) in [5.41, 5.74) is 0. The van der Waals surface area contributed by atoms with Gasteiger partial charge < -0.3 is 19.9 Å². The lowest BCUT2D eigenvalue weighted by Crippen LogP contribution is -2.34. The topological polar surface area (TPSA) is 93.6 Å². The van der Waals surface area contributed by atoms with E-state index in [4.69, 9.17) is 9.84 Å². The van der Waals surface area contributed by atoms with Crippen molar-refractivity contribution in [3.8, 4) is 5.88 Å². The van der Waals surface area contributed by atoms with Crippen LogP contribution in [0.3, 0.4) is 0 Å². The van der Waals surface area contributed by atoms with E-state index in [9.17, 15) is 4.79 Å². The molecule has 17 heavy (non-hydrogen) atoms. The zero-order valence-corrected chi connectivity index (χ0v) is 9.93. The summed E-state index contributed by atoms with van der Waals surface area (Å²) in [7, 11) is 2.73. The number of esters is 1. The summed E-state index contributed by atoms with van der Waals surface area (Å²) in [6, 6.07) is 0.664. The minimum absolute atomic E-state index is 0.376. The third-order valence-corrected chi connectivity index (χ3v) is 2.01. The molecule has 7 nitrogen and oxygen atoms in total. The van der Waals surface area contributed by atoms with Crippen molar-refractivity contribution in [3.63, 3.8) is 0 Å². The Morgan fingerprint density at radius 1 is 1.53 bits per heavy atom. The van der Waals surface area contributed by atoms with Crippen LogP contribution in [0.2, 0.25) is 0 Å². The van der Waals surface area contributed by atoms with Crippen LogP contribution in [0.25, 0.3) is 0 Å². The molecule has 0 aromatic carbocycles. The first kappa shape index (κ1) is 13.2. The molecule has 1 aromatic heterocycles. The smallest absolute Gasteiger partial charge is 0.330 e. The zero-order chi connectivity index (χ0) is 12.8. The van der Waals surface area contributed by atoms with E-state index in [-0.39, 0.29) is 0 Å². The number of aliphatic hydroxyl groups is 1. The number of carbonyl (C=O) groups excluding carboxylic acids is 1. The van der Waals surface area contributed by atoms with Gasteiger partial charge in [-0.1, -0.05) is 0 Å². The number of anilines is 1. The lowest BCUT2D eigenvalue weighted by Gasteiger charge is -2.14. The van der Waals surface area contributed by atoms with Gasteiger partial charge in [-0.3, -0.25) is 0 Å². The summed E-state index contributed by atoms with van der Waals surface area (Å²) in [6.07, 6.45) is 0. The number of carbonyl (C=O) groups is 1. The fraction of sp³-hybridized carbons (Fsp3) is 0.500. The molecule has 1 heterocycles. The molecule has 7 heteroatoms. The Morgan fingerprint density at radius 3 is 2.76 bits per heavy atom. The van der Waals surface area contributed by atoms with Crippen LogP contribution >= 0.6 is 0 Å². The van der Waals surface area contributed by atoms with Crippen molar-refractivity contribution in [3.05, 3.63) is 11.9 Å². The minimum Gasteiger partial charge on any atom is -0.481 e. The summed E-state index contributed by atoms with van der Waals surface area (Å²) in [5.74, 6) is 0.691. The van der Waals surface area contributed by atoms with E-state index in [1.165, 1.54) is 20.3 Å². The van der Waals surface area contributed by atoms with E-state index in [0.29, 0.717) is 17.5 Å². The van der Waals surface area contributed by atoms with Crippen molar-refractivity contribution in [2.24, 2.45) is 0 Å². The maximum Gasteiger partial charge on any atom is 0.330 e. The number of rotatable bonds is 5. The summed E-state index contributed by atoms with van der Waals surface area (Å²) in [4.78, 5) is 19.3. The summed E-state index contributed by atoms with van der Waals surface area (Å²) >= 11 is 0. The van der Waals surface area contributed by atoms with Gasteiger partial charge in [-0.25, -0.2) is 9.78 Å². The molecular formula is C10H15N3O4. The highest BCUT2D eigenvalue weighted by atomic mass is 16.5. The zero-order valence-electron chi connectivity index (χ0n) is 9.93. The second-order valence-corrected chi connectivity index (χ2v) is 3.25. The molecular weight excluding hydrogens is 226 g/mol. The number of nitrogens with zero attached hydrogens (tertiary/aromatic N) is 2. The van der Waals surface area contributed by atoms with E-state index in [0.717, 1.165) is 0 Å². The molecule has 0 aliphatic rings. The summed E-state index contributed by atoms with van der Waals surface area (Å²) in [6.45, 7) is 1.30. The molecule has 0 aliphatic heterocycles. The Balaban J connectivity index is 2.85. The molecule has 0 radical (unpaired) electrons. The Hall–Kier alpha value is -1.89. The van der Waals surface area contributed by atoms with Crippen LogP contribution < -0.4 is 10.1 Å². The fourth-order valence-corrected chi connectivity index (χ4v) is 1.22. The molecule has 1 atom stereocenters. The van der Waals surface area contributed by atoms with Crippen LogP contribution in [0.5, 0.6) is 5.88 Å². The Morgan fingerprint density at radius 2 is 2.24 bits per heavy atom. The molecule has 0 amide bonds. The number of aromatic nitrogens is 2. The fourth-order valence-electron chi connectivity index (χ4n) is 1.22. The highest BCUT2D eigenvalue weighted by Gasteiger charge is 2.18. The Labute approximate surface area is 98.8 Å². The molecule has 94 valence electrons. The van der Waals surface area contributed by atoms with Gasteiger partial charge in [0.15, 0.2) is 0 Å². The lowest BCUT2D eigenvalue weighted by atomic mass is 10.3. The predicted octanol–water partition coefficient (Wildman–Crippen LogP) is -0.261. The molecule has 0 bridgehead atoms. The number of hydrogen-bond acceptors (Lipinski definition) is 7. The monoisotopic (exact) mass is 241 g/mol. The second kappa shape index (κ2) is 6.00. The van der Waals surface area contributed by atoms with Gasteiger partial charge in [0.25, 0.3) is 0 Å². The quantitative estimate of drug-likeness (QED) is 0.686. The molecule has 0 saturated carbocycles. The predicted molar refractivity (Wildman–Crippen MR) is 59.8 cm³/mol. The van der Waals surface area contributed by atoms with Gasteiger partial charge in [0, 0.05) is 6.07 Å². The number of ether oxygens (including phenoxy) is 2. The van der Waals surface area contributed by atoms with E-state index >= 15 is 0 Å². The normalized spacial score (nSPS) is 11.8. The van der Waals surface area contributed by atoms with Crippen LogP contribution in [0.4, 0.5) is 5.82 Å². The average Bonchev–Trinajstić information content (AvgIpc) is 2.34. The average molecular weight is 241 g/mol. The first-order valence-corrected chi connectivity index (χ1v) is 4.95. The highest BCUT2D eigenvalue weighted by Crippen LogP contribution is 2.13. The molecule has 1 rings (SSSR count). The van der Waals surface area contributed by atoms with Gasteiger partial charge in [0.05, 0.1) is 20.8 Å². The first-order valence-electron chi connectivity index (χ1n) is 4.95. The van der Waals surface area contributed by atoms with Gasteiger partial charge in [-0.05, 0) is 6.92 Å². The largest absolute Gasteiger partial charge is 0.481 e. The van der Waals surface area contributed by atoms with Crippen LogP contribution in [0, 0.1) is 6.92 Å². The van der Waals surface area contributed by atoms with Crippen LogP contribution in [-0.2, 0) is 9.53 Å². The SMILES string of the molecule is COC(=O)C(CO)Nc1cc(OC)nc(C)n1. The first-order chi connectivity index (χ1) is 8.10. The van der Waals surface area contributed by atoms with Crippen molar-refractivity contribution >= 4 is 11.8 Å². The number of aliphatic hydroxyl groups excluding tert-OH is 1. The molecule has 0 aliphatic carbocycles. The van der Waals surface area contributed by atoms with Crippen LogP contribution in [0.15, 0.2) is 6.07 Å². The van der Waals surface area contributed by atoms with Crippen molar-refractivity contribution in [1.82, 2.24) is 9.97 Å². The lowest BCUT2D eigenvalue weighted by molar-refractivity contribution is -0.142. The van der Waals surface area contributed by atoms with Crippen LogP contribution in [0.1, 0.15) is 5.82 Å². The Bertz CT molecular complexity index is 397. The van der Waals surface area contributed by atoms with Gasteiger partial charge in [0.1, 0.15) is 17.7 Å². The standard InChI is InChI=1S/C10H15N3O4/c1-6-11-8(4-9(12-6)16-2)13-7(5-14)10(15)17-3/h4,7,14H,5H2,1-3H3,(H,11,12,13). The molecule has 1 unspecified atom stereocenters. The molecule has 0 fully saturated rings. The van der Waals surface area contributed by atoms with E-state index in [2.05, 4.69) is 20.0 Å². The maximum atomic E-state index is 11.3. The Kier molecular flexibility index (Phi) is 4.65. The van der Waals surface area contributed by atoms with E-state index in [1.54, 1.807) is 6.92 Å². The van der Waals surface area contributed by atoms with Gasteiger partial charge in [0.2, 0.25) is 5.88 Å². The molecule has 0 spiro atoms. The van der Waals surface area contributed by atoms with Crippen molar-refractivity contribution in [1.29, 1.82) is 0 Å². The van der Waals surface area contributed by atoms with E-state index in [1.807, 2.05) is 0 Å². The highest BCUT2D eigenvalue weighted by molar-refractivity contribution is 5.78. The van der Waals surface area contributed by atoms with Crippen molar-refractivity contribution in [2.75, 3.05) is 26.1 Å². The second-order valence-electron chi connectivity index (χ2n) is 3.25. The third-order valence-electron chi connectivity index (χ3n) is 2.01. The molecule has 1 aromatic rings. The molecule has 0 saturated heterocycles. The minimum atomic E-state index is -0.862. The van der Waals surface area contributed by atoms with Gasteiger partial charge >= 0.3 is 5.97 Å². The third kappa shape index (κ3) is 3.56. The van der Waals surface area contributed by atoms with E-state index < -0.39 is 18.6 Å². The van der Waals surface area contributed by atoms with Crippen LogP contribution in [-0.4, -0.2) is 47.9 Å². The van der Waals surface area contributed by atoms with Gasteiger partial charge in [-0.15, -0.1) is 0 Å². The number of hydrogen-bond donors (Lipinski definition) is 2. The van der Waals surface area contributed by atoms with Crippen molar-refractivity contribution < 1.29 is 19.4 Å². The maximum absolute atomic E-state index is 11.3. The number of methoxy groups -OCH3 is 2. The van der Waals surface area contributed by atoms with Crippen molar-refractivity contribution in [2.45, 2.75) is 13.0 Å².